The van der Waals surface area contributed by atoms with Gasteiger partial charge in [-0.2, -0.15) is 5.26 Å². The molecule has 1 saturated heterocycles. The molecule has 3 rings (SSSR count). The largest absolute Gasteiger partial charge is 0.450 e. The summed E-state index contributed by atoms with van der Waals surface area (Å²) in [6.07, 6.45) is 4.19. The number of piperidine rings is 1. The Morgan fingerprint density at radius 3 is 2.72 bits per heavy atom. The van der Waals surface area contributed by atoms with Crippen molar-refractivity contribution < 1.29 is 14.3 Å². The van der Waals surface area contributed by atoms with Crippen LogP contribution in [0.1, 0.15) is 35.8 Å². The van der Waals surface area contributed by atoms with Crippen LogP contribution in [0.25, 0.3) is 0 Å². The number of anilines is 2. The number of amides is 2. The molecular formula is C20H22N6O3. The van der Waals surface area contributed by atoms with Gasteiger partial charge >= 0.3 is 6.09 Å². The van der Waals surface area contributed by atoms with Crippen LogP contribution in [0, 0.1) is 11.3 Å². The predicted molar refractivity (Wildman–Crippen MR) is 106 cm³/mol. The fourth-order valence-electron chi connectivity index (χ4n) is 3.01. The molecule has 150 valence electrons. The zero-order valence-electron chi connectivity index (χ0n) is 16.1. The number of ether oxygens (including phenoxy) is 1. The van der Waals surface area contributed by atoms with Gasteiger partial charge in [-0.1, -0.05) is 6.07 Å². The van der Waals surface area contributed by atoms with Crippen LogP contribution >= 0.6 is 0 Å². The number of carbonyl (C=O) groups is 2. The monoisotopic (exact) mass is 394 g/mol. The van der Waals surface area contributed by atoms with Crippen molar-refractivity contribution in [2.24, 2.45) is 0 Å². The summed E-state index contributed by atoms with van der Waals surface area (Å²) in [5.74, 6) is 0.171. The van der Waals surface area contributed by atoms with Crippen molar-refractivity contribution in [3.8, 4) is 6.07 Å². The Hall–Kier alpha value is -3.67. The van der Waals surface area contributed by atoms with Crippen molar-refractivity contribution in [3.63, 3.8) is 0 Å². The quantitative estimate of drug-likeness (QED) is 0.800. The van der Waals surface area contributed by atoms with Gasteiger partial charge in [0.2, 0.25) is 0 Å². The highest BCUT2D eigenvalue weighted by atomic mass is 16.6. The molecule has 9 heteroatoms. The number of likely N-dealkylation sites (tertiary alicyclic amines) is 1. The van der Waals surface area contributed by atoms with E-state index in [-0.39, 0.29) is 17.8 Å². The normalized spacial score (nSPS) is 14.0. The maximum absolute atomic E-state index is 12.3. The Balaban J connectivity index is 1.52. The molecule has 1 aromatic carbocycles. The van der Waals surface area contributed by atoms with Crippen LogP contribution < -0.4 is 10.6 Å². The van der Waals surface area contributed by atoms with Crippen LogP contribution in [0.2, 0.25) is 0 Å². The molecule has 1 aliphatic rings. The summed E-state index contributed by atoms with van der Waals surface area (Å²) in [6, 6.07) is 8.84. The van der Waals surface area contributed by atoms with Crippen molar-refractivity contribution in [2.45, 2.75) is 25.8 Å². The average Bonchev–Trinajstić information content (AvgIpc) is 2.75. The van der Waals surface area contributed by atoms with Gasteiger partial charge in [0.05, 0.1) is 30.6 Å². The van der Waals surface area contributed by atoms with E-state index in [1.165, 1.54) is 12.4 Å². The maximum atomic E-state index is 12.3. The Bertz CT molecular complexity index is 901. The Morgan fingerprint density at radius 2 is 2.07 bits per heavy atom. The maximum Gasteiger partial charge on any atom is 0.409 e. The number of hydrogen-bond donors (Lipinski definition) is 2. The van der Waals surface area contributed by atoms with Gasteiger partial charge in [-0.25, -0.2) is 14.8 Å². The minimum Gasteiger partial charge on any atom is -0.450 e. The van der Waals surface area contributed by atoms with Gasteiger partial charge in [0.15, 0.2) is 0 Å². The smallest absolute Gasteiger partial charge is 0.409 e. The predicted octanol–water partition coefficient (Wildman–Crippen LogP) is 2.63. The highest BCUT2D eigenvalue weighted by molar-refractivity contribution is 6.02. The van der Waals surface area contributed by atoms with Crippen LogP contribution in [0.15, 0.2) is 36.7 Å². The van der Waals surface area contributed by atoms with Gasteiger partial charge in [-0.05, 0) is 38.0 Å². The molecule has 1 aromatic heterocycles. The summed E-state index contributed by atoms with van der Waals surface area (Å²) in [4.78, 5) is 34.2. The zero-order chi connectivity index (χ0) is 20.6. The molecule has 2 aromatic rings. The number of rotatable bonds is 5. The van der Waals surface area contributed by atoms with Crippen molar-refractivity contribution >= 4 is 23.5 Å². The second kappa shape index (κ2) is 9.50. The summed E-state index contributed by atoms with van der Waals surface area (Å²) >= 11 is 0. The molecule has 0 unspecified atom stereocenters. The topological polar surface area (TPSA) is 120 Å². The van der Waals surface area contributed by atoms with Gasteiger partial charge < -0.3 is 20.3 Å². The van der Waals surface area contributed by atoms with Crippen molar-refractivity contribution in [1.82, 2.24) is 14.9 Å². The molecule has 2 heterocycles. The molecule has 0 radical (unpaired) electrons. The molecule has 1 aliphatic heterocycles. The van der Waals surface area contributed by atoms with Gasteiger partial charge in [-0.15, -0.1) is 0 Å². The van der Waals surface area contributed by atoms with Crippen molar-refractivity contribution in [2.75, 3.05) is 30.3 Å². The molecule has 1 fully saturated rings. The van der Waals surface area contributed by atoms with Crippen molar-refractivity contribution in [3.05, 3.63) is 47.9 Å². The summed E-state index contributed by atoms with van der Waals surface area (Å²) in [5, 5.41) is 14.9. The third kappa shape index (κ3) is 5.42. The lowest BCUT2D eigenvalue weighted by Gasteiger charge is -2.31. The van der Waals surface area contributed by atoms with Crippen LogP contribution in [-0.2, 0) is 4.74 Å². The number of nitrogens with zero attached hydrogens (tertiary/aromatic N) is 4. The Labute approximate surface area is 168 Å². The minimum absolute atomic E-state index is 0.170. The van der Waals surface area contributed by atoms with Gasteiger partial charge in [0.25, 0.3) is 5.91 Å². The lowest BCUT2D eigenvalue weighted by Crippen LogP contribution is -2.42. The van der Waals surface area contributed by atoms with E-state index in [1.54, 1.807) is 36.1 Å². The van der Waals surface area contributed by atoms with Gasteiger partial charge in [-0.3, -0.25) is 4.79 Å². The van der Waals surface area contributed by atoms with Crippen LogP contribution in [0.4, 0.5) is 16.3 Å². The highest BCUT2D eigenvalue weighted by Gasteiger charge is 2.23. The van der Waals surface area contributed by atoms with E-state index < -0.39 is 5.91 Å². The molecule has 2 N–H and O–H groups in total. The second-order valence-corrected chi connectivity index (χ2v) is 6.54. The summed E-state index contributed by atoms with van der Waals surface area (Å²) < 4.78 is 5.02. The molecule has 0 aliphatic carbocycles. The van der Waals surface area contributed by atoms with E-state index in [2.05, 4.69) is 20.6 Å². The number of hydrogen-bond acceptors (Lipinski definition) is 7. The fourth-order valence-corrected chi connectivity index (χ4v) is 3.01. The first kappa shape index (κ1) is 20.1. The highest BCUT2D eigenvalue weighted by Crippen LogP contribution is 2.16. The summed E-state index contributed by atoms with van der Waals surface area (Å²) in [5.41, 5.74) is 1.16. The first-order valence-electron chi connectivity index (χ1n) is 9.41. The van der Waals surface area contributed by atoms with Gasteiger partial charge in [0, 0.05) is 24.8 Å². The first-order valence-corrected chi connectivity index (χ1v) is 9.41. The van der Waals surface area contributed by atoms with E-state index in [0.717, 1.165) is 12.8 Å². The molecule has 0 saturated carbocycles. The number of carbonyl (C=O) groups excluding carboxylic acids is 2. The lowest BCUT2D eigenvalue weighted by atomic mass is 10.1. The van der Waals surface area contributed by atoms with Crippen LogP contribution in [0.5, 0.6) is 0 Å². The molecule has 29 heavy (non-hydrogen) atoms. The number of nitriles is 1. The standard InChI is InChI=1S/C20H22N6O3/c1-2-29-20(28)26-8-6-15(7-9-26)24-18-13-22-17(12-23-18)19(27)25-16-5-3-4-14(10-16)11-21/h3-5,10,12-13,15H,2,6-9H2,1H3,(H,23,24)(H,25,27). The number of aromatic nitrogens is 2. The lowest BCUT2D eigenvalue weighted by molar-refractivity contribution is 0.0982. The summed E-state index contributed by atoms with van der Waals surface area (Å²) in [7, 11) is 0. The Kier molecular flexibility index (Phi) is 6.58. The van der Waals surface area contributed by atoms with E-state index in [1.807, 2.05) is 6.07 Å². The SMILES string of the molecule is CCOC(=O)N1CCC(Nc2cnc(C(=O)Nc3cccc(C#N)c3)cn2)CC1. The Morgan fingerprint density at radius 1 is 1.28 bits per heavy atom. The second-order valence-electron chi connectivity index (χ2n) is 6.54. The molecular weight excluding hydrogens is 372 g/mol. The van der Waals surface area contributed by atoms with Crippen LogP contribution in [0.3, 0.4) is 0 Å². The molecule has 9 nitrogen and oxygen atoms in total. The molecule has 0 bridgehead atoms. The number of benzene rings is 1. The first-order chi connectivity index (χ1) is 14.1. The fraction of sp³-hybridized carbons (Fsp3) is 0.350. The molecule has 0 atom stereocenters. The minimum atomic E-state index is -0.401. The summed E-state index contributed by atoms with van der Waals surface area (Å²) in [6.45, 7) is 3.40. The van der Waals surface area contributed by atoms with E-state index >= 15 is 0 Å². The third-order valence-electron chi connectivity index (χ3n) is 4.51. The van der Waals surface area contributed by atoms with E-state index in [9.17, 15) is 9.59 Å². The molecule has 0 spiro atoms. The van der Waals surface area contributed by atoms with Gasteiger partial charge in [0.1, 0.15) is 11.5 Å². The van der Waals surface area contributed by atoms with Crippen molar-refractivity contribution in [1.29, 1.82) is 5.26 Å². The third-order valence-corrected chi connectivity index (χ3v) is 4.51. The number of nitrogens with one attached hydrogen (secondary N) is 2. The van der Waals surface area contributed by atoms with E-state index in [0.29, 0.717) is 36.8 Å². The molecule has 2 amide bonds. The van der Waals surface area contributed by atoms with E-state index in [4.69, 9.17) is 10.00 Å². The average molecular weight is 394 g/mol. The zero-order valence-corrected chi connectivity index (χ0v) is 16.1. The van der Waals surface area contributed by atoms with Crippen LogP contribution in [-0.4, -0.2) is 52.6 Å².